The van der Waals surface area contributed by atoms with Crippen molar-refractivity contribution in [3.63, 3.8) is 0 Å². The number of aromatic nitrogens is 2. The van der Waals surface area contributed by atoms with E-state index < -0.39 is 0 Å². The van der Waals surface area contributed by atoms with E-state index in [0.29, 0.717) is 0 Å². The third-order valence-electron chi connectivity index (χ3n) is 5.38. The summed E-state index contributed by atoms with van der Waals surface area (Å²) in [6.45, 7) is 2.97. The van der Waals surface area contributed by atoms with Crippen LogP contribution in [0.4, 0.5) is 0 Å². The second-order valence-electron chi connectivity index (χ2n) is 6.93. The van der Waals surface area contributed by atoms with E-state index in [2.05, 4.69) is 87.4 Å². The first-order valence-electron chi connectivity index (χ1n) is 9.16. The van der Waals surface area contributed by atoms with Crippen LogP contribution in [0.2, 0.25) is 0 Å². The molecule has 26 heavy (non-hydrogen) atoms. The van der Waals surface area contributed by atoms with Crippen LogP contribution < -0.4 is 0 Å². The summed E-state index contributed by atoms with van der Waals surface area (Å²) < 4.78 is 2.38. The Bertz CT molecular complexity index is 1030. The molecule has 0 saturated carbocycles. The van der Waals surface area contributed by atoms with Gasteiger partial charge in [0.1, 0.15) is 0 Å². The second-order valence-corrected chi connectivity index (χ2v) is 6.93. The van der Waals surface area contributed by atoms with Crippen LogP contribution in [0.5, 0.6) is 0 Å². The van der Waals surface area contributed by atoms with E-state index in [1.165, 1.54) is 27.6 Å². The fraction of sp³-hybridized carbons (Fsp3) is 0.174. The maximum absolute atomic E-state index is 4.48. The highest BCUT2D eigenvalue weighted by molar-refractivity contribution is 5.84. The van der Waals surface area contributed by atoms with E-state index in [9.17, 15) is 0 Å². The number of rotatable bonds is 3. The maximum atomic E-state index is 4.48. The van der Waals surface area contributed by atoms with Crippen LogP contribution in [0.15, 0.2) is 85.3 Å². The molecule has 0 aliphatic carbocycles. The van der Waals surface area contributed by atoms with Crippen molar-refractivity contribution in [1.82, 2.24) is 14.5 Å². The van der Waals surface area contributed by atoms with Crippen LogP contribution in [0.3, 0.4) is 0 Å². The number of hydrogen-bond donors (Lipinski definition) is 0. The Morgan fingerprint density at radius 3 is 2.62 bits per heavy atom. The van der Waals surface area contributed by atoms with Crippen LogP contribution in [0.25, 0.3) is 10.8 Å². The molecule has 1 aliphatic heterocycles. The zero-order valence-corrected chi connectivity index (χ0v) is 14.6. The first-order chi connectivity index (χ1) is 12.9. The summed E-state index contributed by atoms with van der Waals surface area (Å²) in [5.74, 6) is 0. The fourth-order valence-corrected chi connectivity index (χ4v) is 4.14. The van der Waals surface area contributed by atoms with Crippen LogP contribution in [-0.2, 0) is 13.1 Å². The van der Waals surface area contributed by atoms with Gasteiger partial charge in [-0.2, -0.15) is 0 Å². The number of pyridine rings is 1. The molecule has 2 aromatic carbocycles. The number of nitrogens with zero attached hydrogens (tertiary/aromatic N) is 3. The Morgan fingerprint density at radius 2 is 1.69 bits per heavy atom. The van der Waals surface area contributed by atoms with E-state index in [1.54, 1.807) is 0 Å². The van der Waals surface area contributed by atoms with Crippen molar-refractivity contribution in [3.8, 4) is 0 Å². The average Bonchev–Trinajstić information content (AvgIpc) is 3.17. The van der Waals surface area contributed by atoms with Crippen molar-refractivity contribution >= 4 is 10.8 Å². The Kier molecular flexibility index (Phi) is 3.80. The largest absolute Gasteiger partial charge is 0.348 e. The molecule has 3 heterocycles. The van der Waals surface area contributed by atoms with Gasteiger partial charge in [-0.15, -0.1) is 0 Å². The molecule has 3 nitrogen and oxygen atoms in total. The van der Waals surface area contributed by atoms with Gasteiger partial charge < -0.3 is 4.57 Å². The van der Waals surface area contributed by atoms with Gasteiger partial charge in [-0.05, 0) is 28.6 Å². The quantitative estimate of drug-likeness (QED) is 0.542. The molecule has 0 bridgehead atoms. The predicted molar refractivity (Wildman–Crippen MR) is 105 cm³/mol. The van der Waals surface area contributed by atoms with E-state index in [4.69, 9.17) is 0 Å². The van der Waals surface area contributed by atoms with Crippen molar-refractivity contribution in [3.05, 3.63) is 102 Å². The summed E-state index contributed by atoms with van der Waals surface area (Å²) in [5.41, 5.74) is 4.01. The zero-order chi connectivity index (χ0) is 17.3. The predicted octanol–water partition coefficient (Wildman–Crippen LogP) is 4.64. The van der Waals surface area contributed by atoms with Gasteiger partial charge in [-0.3, -0.25) is 9.88 Å². The van der Waals surface area contributed by atoms with Crippen molar-refractivity contribution in [2.24, 2.45) is 0 Å². The van der Waals surface area contributed by atoms with Crippen LogP contribution in [0, 0.1) is 0 Å². The molecule has 128 valence electrons. The molecule has 0 N–H and O–H groups in total. The molecular weight excluding hydrogens is 318 g/mol. The molecule has 0 saturated heterocycles. The van der Waals surface area contributed by atoms with Gasteiger partial charge >= 0.3 is 0 Å². The number of fused-ring (bicyclic) bond motifs is 2. The molecule has 0 radical (unpaired) electrons. The lowest BCUT2D eigenvalue weighted by Crippen LogP contribution is -2.38. The highest BCUT2D eigenvalue weighted by Crippen LogP contribution is 2.34. The van der Waals surface area contributed by atoms with E-state index in [0.717, 1.165) is 19.6 Å². The van der Waals surface area contributed by atoms with Gasteiger partial charge in [0.05, 0.1) is 6.04 Å². The summed E-state index contributed by atoms with van der Waals surface area (Å²) in [6, 6.07) is 24.1. The summed E-state index contributed by atoms with van der Waals surface area (Å²) in [6.07, 6.45) is 6.18. The van der Waals surface area contributed by atoms with Crippen molar-refractivity contribution in [2.75, 3.05) is 6.54 Å². The number of hydrogen-bond acceptors (Lipinski definition) is 2. The lowest BCUT2D eigenvalue weighted by Gasteiger charge is -2.37. The Balaban J connectivity index is 1.57. The molecule has 0 fully saturated rings. The van der Waals surface area contributed by atoms with E-state index >= 15 is 0 Å². The Hall–Kier alpha value is -2.91. The highest BCUT2D eigenvalue weighted by atomic mass is 15.2. The molecule has 1 unspecified atom stereocenters. The molecule has 2 aromatic heterocycles. The fourth-order valence-electron chi connectivity index (χ4n) is 4.14. The van der Waals surface area contributed by atoms with Gasteiger partial charge in [0.25, 0.3) is 0 Å². The third kappa shape index (κ3) is 2.61. The number of benzene rings is 2. The monoisotopic (exact) mass is 339 g/mol. The smallest absolute Gasteiger partial charge is 0.0759 e. The third-order valence-corrected chi connectivity index (χ3v) is 5.38. The van der Waals surface area contributed by atoms with Crippen LogP contribution >= 0.6 is 0 Å². The average molecular weight is 339 g/mol. The Labute approximate surface area is 153 Å². The molecule has 0 amide bonds. The minimum Gasteiger partial charge on any atom is -0.348 e. The van der Waals surface area contributed by atoms with Gasteiger partial charge in [-0.1, -0.05) is 54.6 Å². The van der Waals surface area contributed by atoms with E-state index in [-0.39, 0.29) is 6.04 Å². The zero-order valence-electron chi connectivity index (χ0n) is 14.6. The molecular formula is C23H21N3. The normalized spacial score (nSPS) is 17.3. The van der Waals surface area contributed by atoms with Gasteiger partial charge in [0.2, 0.25) is 0 Å². The van der Waals surface area contributed by atoms with Crippen LogP contribution in [0.1, 0.15) is 22.9 Å². The summed E-state index contributed by atoms with van der Waals surface area (Å²) in [4.78, 5) is 7.06. The topological polar surface area (TPSA) is 21.1 Å². The lowest BCUT2D eigenvalue weighted by atomic mass is 9.98. The standard InChI is InChI=1S/C23H21N3/c1-2-7-18(8-3-1)23-22-11-6-12-25(22)13-14-26(23)17-20-16-24-15-19-9-4-5-10-21(19)20/h1-12,15-16,23H,13-14,17H2. The second kappa shape index (κ2) is 6.43. The summed E-state index contributed by atoms with van der Waals surface area (Å²) >= 11 is 0. The molecule has 0 spiro atoms. The molecule has 4 aromatic rings. The SMILES string of the molecule is c1ccc(C2c3cccn3CCN2Cc2cncc3ccccc23)cc1. The van der Waals surface area contributed by atoms with Crippen molar-refractivity contribution in [1.29, 1.82) is 0 Å². The Morgan fingerprint density at radius 1 is 0.846 bits per heavy atom. The lowest BCUT2D eigenvalue weighted by molar-refractivity contribution is 0.175. The first-order valence-corrected chi connectivity index (χ1v) is 9.16. The molecule has 1 atom stereocenters. The van der Waals surface area contributed by atoms with Gasteiger partial charge in [0, 0.05) is 49.3 Å². The van der Waals surface area contributed by atoms with Crippen molar-refractivity contribution in [2.45, 2.75) is 19.1 Å². The summed E-state index contributed by atoms with van der Waals surface area (Å²) in [5, 5.41) is 2.51. The minimum atomic E-state index is 0.277. The van der Waals surface area contributed by atoms with Crippen LogP contribution in [-0.4, -0.2) is 21.0 Å². The highest BCUT2D eigenvalue weighted by Gasteiger charge is 2.28. The molecule has 1 aliphatic rings. The van der Waals surface area contributed by atoms with Crippen molar-refractivity contribution < 1.29 is 0 Å². The summed E-state index contributed by atoms with van der Waals surface area (Å²) in [7, 11) is 0. The minimum absolute atomic E-state index is 0.277. The van der Waals surface area contributed by atoms with E-state index in [1.807, 2.05) is 12.4 Å². The molecule has 3 heteroatoms. The first kappa shape index (κ1) is 15.4. The van der Waals surface area contributed by atoms with Gasteiger partial charge in [-0.25, -0.2) is 0 Å². The molecule has 5 rings (SSSR count). The van der Waals surface area contributed by atoms with Gasteiger partial charge in [0.15, 0.2) is 0 Å². The maximum Gasteiger partial charge on any atom is 0.0759 e.